The minimum atomic E-state index is 0.131. The van der Waals surface area contributed by atoms with Crippen LogP contribution in [0.25, 0.3) is 21.1 Å². The number of rotatable bonds is 4. The van der Waals surface area contributed by atoms with Gasteiger partial charge in [0.15, 0.2) is 0 Å². The van der Waals surface area contributed by atoms with Crippen LogP contribution in [0.2, 0.25) is 0 Å². The molecule has 0 spiro atoms. The minimum Gasteiger partial charge on any atom is -0.359 e. The molecule has 0 saturated carbocycles. The molecule has 3 aromatic heterocycles. The van der Waals surface area contributed by atoms with Gasteiger partial charge in [-0.05, 0) is 42.7 Å². The van der Waals surface area contributed by atoms with Crippen molar-refractivity contribution in [3.8, 4) is 0 Å². The molecule has 1 saturated heterocycles. The van der Waals surface area contributed by atoms with Crippen LogP contribution in [0.5, 0.6) is 0 Å². The van der Waals surface area contributed by atoms with E-state index in [-0.39, 0.29) is 5.56 Å². The van der Waals surface area contributed by atoms with Gasteiger partial charge >= 0.3 is 0 Å². The van der Waals surface area contributed by atoms with Crippen molar-refractivity contribution in [2.24, 2.45) is 0 Å². The van der Waals surface area contributed by atoms with Gasteiger partial charge in [-0.25, -0.2) is 4.98 Å². The highest BCUT2D eigenvalue weighted by Crippen LogP contribution is 2.32. The van der Waals surface area contributed by atoms with Crippen LogP contribution in [-0.2, 0) is 19.5 Å². The van der Waals surface area contributed by atoms with Gasteiger partial charge in [0, 0.05) is 62.6 Å². The van der Waals surface area contributed by atoms with Crippen molar-refractivity contribution in [2.45, 2.75) is 19.5 Å². The first-order valence-corrected chi connectivity index (χ1v) is 12.8. The number of piperazine rings is 1. The van der Waals surface area contributed by atoms with E-state index in [2.05, 4.69) is 49.3 Å². The van der Waals surface area contributed by atoms with Crippen LogP contribution in [0.1, 0.15) is 10.4 Å². The van der Waals surface area contributed by atoms with E-state index in [0.717, 1.165) is 68.0 Å². The molecule has 2 aliphatic rings. The Hall–Kier alpha value is -2.33. The van der Waals surface area contributed by atoms with Gasteiger partial charge in [-0.1, -0.05) is 12.1 Å². The molecule has 0 aliphatic carbocycles. The summed E-state index contributed by atoms with van der Waals surface area (Å²) >= 11 is 3.28. The summed E-state index contributed by atoms with van der Waals surface area (Å²) in [6.45, 7) is 7.47. The van der Waals surface area contributed by atoms with Crippen LogP contribution in [0, 0.1) is 0 Å². The predicted molar refractivity (Wildman–Crippen MR) is 132 cm³/mol. The summed E-state index contributed by atoms with van der Waals surface area (Å²) in [4.78, 5) is 27.3. The molecule has 0 bridgehead atoms. The van der Waals surface area contributed by atoms with Crippen molar-refractivity contribution < 1.29 is 0 Å². The molecule has 0 radical (unpaired) electrons. The zero-order valence-corrected chi connectivity index (χ0v) is 19.8. The number of nitrogens with zero attached hydrogens (tertiary/aromatic N) is 6. The maximum Gasteiger partial charge on any atom is 0.262 e. The van der Waals surface area contributed by atoms with Crippen LogP contribution in [0.15, 0.2) is 35.4 Å². The lowest BCUT2D eigenvalue weighted by Gasteiger charge is -2.35. The first-order chi connectivity index (χ1) is 15.7. The molecule has 9 heteroatoms. The SMILES string of the molecule is CN1CCc2c(sc3ncn(CCN4CCN(c5snc6ccccc56)CC4)c(=O)c23)C1. The maximum absolute atomic E-state index is 13.2. The number of fused-ring (bicyclic) bond motifs is 4. The summed E-state index contributed by atoms with van der Waals surface area (Å²) in [5.41, 5.74) is 2.45. The third-order valence-electron chi connectivity index (χ3n) is 6.70. The Bertz CT molecular complexity index is 1330. The van der Waals surface area contributed by atoms with E-state index in [4.69, 9.17) is 0 Å². The maximum atomic E-state index is 13.2. The third kappa shape index (κ3) is 3.53. The van der Waals surface area contributed by atoms with Crippen molar-refractivity contribution in [3.63, 3.8) is 0 Å². The number of anilines is 1. The Balaban J connectivity index is 1.13. The fourth-order valence-corrected chi connectivity index (χ4v) is 7.00. The van der Waals surface area contributed by atoms with Gasteiger partial charge in [0.05, 0.1) is 17.2 Å². The topological polar surface area (TPSA) is 57.5 Å². The number of benzene rings is 1. The van der Waals surface area contributed by atoms with Gasteiger partial charge in [-0.15, -0.1) is 11.3 Å². The highest BCUT2D eigenvalue weighted by atomic mass is 32.1. The molecule has 2 aliphatic heterocycles. The van der Waals surface area contributed by atoms with E-state index < -0.39 is 0 Å². The summed E-state index contributed by atoms with van der Waals surface area (Å²) in [6.07, 6.45) is 2.69. The van der Waals surface area contributed by atoms with Crippen molar-refractivity contribution in [2.75, 3.05) is 51.2 Å². The molecule has 1 fully saturated rings. The number of thiophene rings is 1. The van der Waals surface area contributed by atoms with Crippen molar-refractivity contribution >= 4 is 49.0 Å². The molecular weight excluding hydrogens is 440 g/mol. The number of hydrogen-bond donors (Lipinski definition) is 0. The fourth-order valence-electron chi connectivity index (χ4n) is 4.83. The first-order valence-electron chi connectivity index (χ1n) is 11.2. The molecule has 5 heterocycles. The Morgan fingerprint density at radius 1 is 1.06 bits per heavy atom. The highest BCUT2D eigenvalue weighted by Gasteiger charge is 2.23. The lowest BCUT2D eigenvalue weighted by molar-refractivity contribution is 0.247. The third-order valence-corrected chi connectivity index (χ3v) is 8.76. The number of likely N-dealkylation sites (N-methyl/N-ethyl adjacent to an activating group) is 1. The van der Waals surface area contributed by atoms with Crippen LogP contribution < -0.4 is 10.5 Å². The minimum absolute atomic E-state index is 0.131. The molecule has 7 nitrogen and oxygen atoms in total. The largest absolute Gasteiger partial charge is 0.359 e. The molecule has 0 atom stereocenters. The molecule has 0 N–H and O–H groups in total. The van der Waals surface area contributed by atoms with E-state index >= 15 is 0 Å². The van der Waals surface area contributed by atoms with Crippen molar-refractivity contribution in [3.05, 3.63) is 51.4 Å². The molecular formula is C23H26N6OS2. The molecule has 6 rings (SSSR count). The van der Waals surface area contributed by atoms with E-state index in [1.54, 1.807) is 29.2 Å². The molecule has 0 unspecified atom stereocenters. The lowest BCUT2D eigenvalue weighted by atomic mass is 10.1. The Labute approximate surface area is 194 Å². The van der Waals surface area contributed by atoms with Gasteiger partial charge in [-0.3, -0.25) is 14.3 Å². The zero-order valence-electron chi connectivity index (χ0n) is 18.2. The van der Waals surface area contributed by atoms with E-state index in [1.807, 2.05) is 10.6 Å². The smallest absolute Gasteiger partial charge is 0.262 e. The summed E-state index contributed by atoms with van der Waals surface area (Å²) in [7, 11) is 2.14. The Kier molecular flexibility index (Phi) is 5.21. The Morgan fingerprint density at radius 2 is 1.91 bits per heavy atom. The summed E-state index contributed by atoms with van der Waals surface area (Å²) in [6, 6.07) is 8.37. The van der Waals surface area contributed by atoms with Gasteiger partial charge in [0.1, 0.15) is 9.83 Å². The lowest BCUT2D eigenvalue weighted by Crippen LogP contribution is -2.47. The fraction of sp³-hybridized carbons (Fsp3) is 0.435. The second-order valence-corrected chi connectivity index (χ2v) is 10.6. The van der Waals surface area contributed by atoms with Crippen LogP contribution in [0.3, 0.4) is 0 Å². The van der Waals surface area contributed by atoms with Crippen LogP contribution in [0.4, 0.5) is 5.00 Å². The molecule has 4 aromatic rings. The second-order valence-electron chi connectivity index (χ2n) is 8.75. The zero-order chi connectivity index (χ0) is 21.7. The van der Waals surface area contributed by atoms with Gasteiger partial charge in [-0.2, -0.15) is 4.37 Å². The Morgan fingerprint density at radius 3 is 2.78 bits per heavy atom. The van der Waals surface area contributed by atoms with Crippen LogP contribution >= 0.6 is 22.9 Å². The van der Waals surface area contributed by atoms with Gasteiger partial charge < -0.3 is 9.80 Å². The summed E-state index contributed by atoms with van der Waals surface area (Å²) in [5.74, 6) is 0. The van der Waals surface area contributed by atoms with E-state index in [9.17, 15) is 4.79 Å². The molecule has 32 heavy (non-hydrogen) atoms. The van der Waals surface area contributed by atoms with Crippen molar-refractivity contribution in [1.29, 1.82) is 0 Å². The summed E-state index contributed by atoms with van der Waals surface area (Å²) < 4.78 is 6.41. The monoisotopic (exact) mass is 466 g/mol. The number of hydrogen-bond acceptors (Lipinski definition) is 8. The number of aromatic nitrogens is 3. The average Bonchev–Trinajstić information content (AvgIpc) is 3.40. The molecule has 0 amide bonds. The standard InChI is InChI=1S/C23H26N6OS2/c1-26-7-6-17-19(14-26)31-21-20(17)22(30)29(15-24-21)13-10-27-8-11-28(12-9-27)23-16-4-2-3-5-18(16)25-32-23/h2-5,15H,6-14H2,1H3. The summed E-state index contributed by atoms with van der Waals surface area (Å²) in [5, 5.41) is 3.39. The average molecular weight is 467 g/mol. The predicted octanol–water partition coefficient (Wildman–Crippen LogP) is 2.88. The van der Waals surface area contributed by atoms with Crippen LogP contribution in [-0.4, -0.2) is 70.0 Å². The van der Waals surface area contributed by atoms with E-state index in [1.165, 1.54) is 20.8 Å². The molecule has 1 aromatic carbocycles. The van der Waals surface area contributed by atoms with E-state index in [0.29, 0.717) is 6.54 Å². The first kappa shape index (κ1) is 20.3. The molecule has 166 valence electrons. The second kappa shape index (κ2) is 8.22. The highest BCUT2D eigenvalue weighted by molar-refractivity contribution is 7.18. The van der Waals surface area contributed by atoms with Gasteiger partial charge in [0.25, 0.3) is 5.56 Å². The van der Waals surface area contributed by atoms with Gasteiger partial charge in [0.2, 0.25) is 0 Å². The normalized spacial score (nSPS) is 18.0. The quantitative estimate of drug-likeness (QED) is 0.461. The van der Waals surface area contributed by atoms with Crippen molar-refractivity contribution in [1.82, 2.24) is 23.7 Å².